The van der Waals surface area contributed by atoms with Crippen molar-refractivity contribution in [1.29, 1.82) is 0 Å². The molecule has 1 aromatic carbocycles. The Balaban J connectivity index is 2.87. The first kappa shape index (κ1) is 16.1. The molecule has 2 N–H and O–H groups in total. The van der Waals surface area contributed by atoms with Gasteiger partial charge in [0, 0.05) is 18.4 Å². The predicted molar refractivity (Wildman–Crippen MR) is 72.4 cm³/mol. The van der Waals surface area contributed by atoms with Crippen LogP contribution in [-0.2, 0) is 9.84 Å². The van der Waals surface area contributed by atoms with Crippen molar-refractivity contribution in [1.82, 2.24) is 5.32 Å². The number of aliphatic hydroxyl groups is 1. The molecule has 20 heavy (non-hydrogen) atoms. The third kappa shape index (κ3) is 5.38. The molecule has 108 valence electrons. The molecule has 1 rings (SSSR count). The largest absolute Gasteiger partial charge is 0.384 e. The average molecular weight is 299 g/mol. The van der Waals surface area contributed by atoms with Crippen LogP contribution in [0.15, 0.2) is 18.2 Å². The Hall–Kier alpha value is -1.91. The van der Waals surface area contributed by atoms with Crippen LogP contribution in [0, 0.1) is 17.7 Å². The second kappa shape index (κ2) is 7.03. The van der Waals surface area contributed by atoms with Crippen molar-refractivity contribution in [2.75, 3.05) is 25.2 Å². The van der Waals surface area contributed by atoms with Crippen LogP contribution in [0.4, 0.5) is 4.39 Å². The Morgan fingerprint density at radius 3 is 2.75 bits per heavy atom. The lowest BCUT2D eigenvalue weighted by Crippen LogP contribution is -2.29. The van der Waals surface area contributed by atoms with Gasteiger partial charge in [0.15, 0.2) is 0 Å². The van der Waals surface area contributed by atoms with Crippen molar-refractivity contribution in [2.24, 2.45) is 0 Å². The van der Waals surface area contributed by atoms with Crippen molar-refractivity contribution in [2.45, 2.75) is 0 Å². The minimum absolute atomic E-state index is 0.0398. The molecule has 0 aromatic heterocycles. The monoisotopic (exact) mass is 299 g/mol. The van der Waals surface area contributed by atoms with E-state index < -0.39 is 28.2 Å². The van der Waals surface area contributed by atoms with E-state index in [0.717, 1.165) is 18.4 Å². The standard InChI is InChI=1S/C13H14FNO4S/c1-20(18,19)8-6-15-13(17)12-5-4-11(14)9-10(12)3-2-7-16/h4-5,9,16H,6-8H2,1H3,(H,15,17). The van der Waals surface area contributed by atoms with E-state index in [2.05, 4.69) is 17.2 Å². The fraction of sp³-hybridized carbons (Fsp3) is 0.308. The van der Waals surface area contributed by atoms with Gasteiger partial charge < -0.3 is 10.4 Å². The third-order valence-electron chi connectivity index (χ3n) is 2.29. The molecule has 0 aliphatic carbocycles. The predicted octanol–water partition coefficient (Wildman–Crippen LogP) is -0.0561. The lowest BCUT2D eigenvalue weighted by molar-refractivity contribution is 0.0956. The molecule has 0 saturated carbocycles. The van der Waals surface area contributed by atoms with Crippen molar-refractivity contribution in [3.63, 3.8) is 0 Å². The summed E-state index contributed by atoms with van der Waals surface area (Å²) >= 11 is 0. The number of sulfone groups is 1. The average Bonchev–Trinajstić information content (AvgIpc) is 2.34. The van der Waals surface area contributed by atoms with Crippen LogP contribution in [0.2, 0.25) is 0 Å². The highest BCUT2D eigenvalue weighted by Crippen LogP contribution is 2.10. The highest BCUT2D eigenvalue weighted by molar-refractivity contribution is 7.90. The number of benzene rings is 1. The molecule has 0 saturated heterocycles. The van der Waals surface area contributed by atoms with Crippen LogP contribution in [0.25, 0.3) is 0 Å². The second-order valence-corrected chi connectivity index (χ2v) is 6.30. The van der Waals surface area contributed by atoms with Gasteiger partial charge in [0.05, 0.1) is 11.3 Å². The Labute approximate surface area is 116 Å². The topological polar surface area (TPSA) is 83.5 Å². The molecule has 7 heteroatoms. The van der Waals surface area contributed by atoms with Crippen molar-refractivity contribution >= 4 is 15.7 Å². The molecule has 0 aliphatic rings. The fourth-order valence-electron chi connectivity index (χ4n) is 1.40. The van der Waals surface area contributed by atoms with E-state index in [1.54, 1.807) is 0 Å². The summed E-state index contributed by atoms with van der Waals surface area (Å²) in [5, 5.41) is 11.0. The molecule has 5 nitrogen and oxygen atoms in total. The molecule has 0 aliphatic heterocycles. The van der Waals surface area contributed by atoms with Crippen LogP contribution >= 0.6 is 0 Å². The summed E-state index contributed by atoms with van der Waals surface area (Å²) in [6.07, 6.45) is 1.06. The Kier molecular flexibility index (Phi) is 5.67. The zero-order valence-corrected chi connectivity index (χ0v) is 11.6. The molecule has 0 bridgehead atoms. The zero-order valence-electron chi connectivity index (χ0n) is 10.8. The molecular formula is C13H14FNO4S. The lowest BCUT2D eigenvalue weighted by atomic mass is 10.1. The summed E-state index contributed by atoms with van der Waals surface area (Å²) in [6, 6.07) is 3.44. The number of halogens is 1. The minimum atomic E-state index is -3.17. The maximum absolute atomic E-state index is 13.1. The number of carbonyl (C=O) groups is 1. The highest BCUT2D eigenvalue weighted by Gasteiger charge is 2.11. The molecule has 1 amide bonds. The smallest absolute Gasteiger partial charge is 0.252 e. The van der Waals surface area contributed by atoms with Gasteiger partial charge in [-0.3, -0.25) is 4.79 Å². The quantitative estimate of drug-likeness (QED) is 0.763. The third-order valence-corrected chi connectivity index (χ3v) is 3.23. The maximum Gasteiger partial charge on any atom is 0.252 e. The summed E-state index contributed by atoms with van der Waals surface area (Å²) in [4.78, 5) is 11.9. The van der Waals surface area contributed by atoms with Crippen LogP contribution in [0.3, 0.4) is 0 Å². The molecule has 0 heterocycles. The SMILES string of the molecule is CS(=O)(=O)CCNC(=O)c1ccc(F)cc1C#CCO. The first-order chi connectivity index (χ1) is 9.33. The number of carbonyl (C=O) groups excluding carboxylic acids is 1. The van der Waals surface area contributed by atoms with Crippen LogP contribution in [0.1, 0.15) is 15.9 Å². The number of aliphatic hydroxyl groups excluding tert-OH is 1. The lowest BCUT2D eigenvalue weighted by Gasteiger charge is -2.06. The van der Waals surface area contributed by atoms with E-state index in [4.69, 9.17) is 5.11 Å². The molecule has 0 radical (unpaired) electrons. The number of hydrogen-bond acceptors (Lipinski definition) is 4. The van der Waals surface area contributed by atoms with Gasteiger partial charge in [-0.25, -0.2) is 12.8 Å². The van der Waals surface area contributed by atoms with Gasteiger partial charge in [-0.1, -0.05) is 11.8 Å². The first-order valence-corrected chi connectivity index (χ1v) is 7.75. The van der Waals surface area contributed by atoms with Crippen LogP contribution < -0.4 is 5.32 Å². The van der Waals surface area contributed by atoms with E-state index in [1.807, 2.05) is 0 Å². The van der Waals surface area contributed by atoms with E-state index in [0.29, 0.717) is 0 Å². The molecule has 1 aromatic rings. The number of hydrogen-bond donors (Lipinski definition) is 2. The number of nitrogens with one attached hydrogen (secondary N) is 1. The zero-order chi connectivity index (χ0) is 15.2. The Morgan fingerprint density at radius 1 is 1.45 bits per heavy atom. The van der Waals surface area contributed by atoms with Gasteiger partial charge in [0.1, 0.15) is 22.3 Å². The van der Waals surface area contributed by atoms with Gasteiger partial charge in [0.2, 0.25) is 0 Å². The van der Waals surface area contributed by atoms with Crippen LogP contribution in [0.5, 0.6) is 0 Å². The van der Waals surface area contributed by atoms with E-state index in [9.17, 15) is 17.6 Å². The molecular weight excluding hydrogens is 285 g/mol. The molecule has 0 spiro atoms. The fourth-order valence-corrected chi connectivity index (χ4v) is 1.87. The Bertz CT molecular complexity index is 659. The first-order valence-electron chi connectivity index (χ1n) is 5.68. The summed E-state index contributed by atoms with van der Waals surface area (Å²) in [7, 11) is -3.17. The van der Waals surface area contributed by atoms with Gasteiger partial charge in [-0.15, -0.1) is 0 Å². The van der Waals surface area contributed by atoms with Gasteiger partial charge >= 0.3 is 0 Å². The molecule has 0 fully saturated rings. The van der Waals surface area contributed by atoms with Gasteiger partial charge in [0.25, 0.3) is 5.91 Å². The summed E-state index contributed by atoms with van der Waals surface area (Å²) < 4.78 is 35.0. The number of amides is 1. The van der Waals surface area contributed by atoms with Crippen LogP contribution in [-0.4, -0.2) is 44.6 Å². The maximum atomic E-state index is 13.1. The van der Waals surface area contributed by atoms with E-state index >= 15 is 0 Å². The minimum Gasteiger partial charge on any atom is -0.384 e. The Morgan fingerprint density at radius 2 is 2.15 bits per heavy atom. The molecule has 0 atom stereocenters. The van der Waals surface area contributed by atoms with E-state index in [1.165, 1.54) is 6.07 Å². The van der Waals surface area contributed by atoms with Crippen molar-refractivity contribution < 1.29 is 22.7 Å². The van der Waals surface area contributed by atoms with Crippen molar-refractivity contribution in [3.05, 3.63) is 35.1 Å². The molecule has 0 unspecified atom stereocenters. The summed E-state index contributed by atoms with van der Waals surface area (Å²) in [5.74, 6) is 3.52. The number of rotatable bonds is 4. The normalized spacial score (nSPS) is 10.6. The van der Waals surface area contributed by atoms with E-state index in [-0.39, 0.29) is 23.4 Å². The van der Waals surface area contributed by atoms with Gasteiger partial charge in [-0.2, -0.15) is 0 Å². The van der Waals surface area contributed by atoms with Crippen molar-refractivity contribution in [3.8, 4) is 11.8 Å². The summed E-state index contributed by atoms with van der Waals surface area (Å²) in [6.45, 7) is -0.451. The highest BCUT2D eigenvalue weighted by atomic mass is 32.2. The second-order valence-electron chi connectivity index (χ2n) is 4.04. The summed E-state index contributed by atoms with van der Waals surface area (Å²) in [5.41, 5.74) is 0.261. The van der Waals surface area contributed by atoms with Gasteiger partial charge in [-0.05, 0) is 18.2 Å².